The second kappa shape index (κ2) is 10.8. The fourth-order valence-electron chi connectivity index (χ4n) is 2.78. The first-order chi connectivity index (χ1) is 14.6. The first kappa shape index (κ1) is 21.8. The second-order valence-corrected chi connectivity index (χ2v) is 7.19. The number of hydrogen-bond donors (Lipinski definition) is 2. The minimum Gasteiger partial charge on any atom is -0.490 e. The van der Waals surface area contributed by atoms with E-state index in [1.54, 1.807) is 18.2 Å². The minimum absolute atomic E-state index is 0.189. The summed E-state index contributed by atoms with van der Waals surface area (Å²) in [5.74, 6) is 0.529. The van der Waals surface area contributed by atoms with Crippen molar-refractivity contribution in [2.75, 3.05) is 23.8 Å². The predicted octanol–water partition coefficient (Wildman–Crippen LogP) is 6.02. The van der Waals surface area contributed by atoms with Crippen LogP contribution in [0, 0.1) is 0 Å². The van der Waals surface area contributed by atoms with Crippen LogP contribution >= 0.6 is 23.2 Å². The lowest BCUT2D eigenvalue weighted by Crippen LogP contribution is -2.20. The van der Waals surface area contributed by atoms with Gasteiger partial charge in [0, 0.05) is 12.2 Å². The van der Waals surface area contributed by atoms with Gasteiger partial charge in [0.2, 0.25) is 0 Å². The lowest BCUT2D eigenvalue weighted by atomic mass is 10.2. The van der Waals surface area contributed by atoms with Crippen molar-refractivity contribution < 1.29 is 14.3 Å². The van der Waals surface area contributed by atoms with Gasteiger partial charge in [0.05, 0.1) is 22.3 Å². The summed E-state index contributed by atoms with van der Waals surface area (Å²) in [4.78, 5) is 12.2. The van der Waals surface area contributed by atoms with Gasteiger partial charge in [0.1, 0.15) is 0 Å². The molecule has 1 amide bonds. The third-order valence-electron chi connectivity index (χ3n) is 4.13. The maximum absolute atomic E-state index is 12.2. The van der Waals surface area contributed by atoms with Crippen LogP contribution in [0.4, 0.5) is 11.4 Å². The van der Waals surface area contributed by atoms with E-state index in [4.69, 9.17) is 32.7 Å². The zero-order chi connectivity index (χ0) is 21.3. The van der Waals surface area contributed by atoms with Crippen LogP contribution in [0.25, 0.3) is 0 Å². The molecule has 0 aliphatic rings. The molecule has 0 unspecified atom stereocenters. The van der Waals surface area contributed by atoms with E-state index in [0.717, 1.165) is 11.3 Å². The van der Waals surface area contributed by atoms with Crippen LogP contribution in [0.2, 0.25) is 10.0 Å². The number of para-hydroxylation sites is 2. The van der Waals surface area contributed by atoms with E-state index in [2.05, 4.69) is 10.6 Å². The van der Waals surface area contributed by atoms with E-state index in [0.29, 0.717) is 40.4 Å². The zero-order valence-corrected chi connectivity index (χ0v) is 18.0. The number of rotatable bonds is 9. The van der Waals surface area contributed by atoms with Gasteiger partial charge in [-0.05, 0) is 48.9 Å². The van der Waals surface area contributed by atoms with E-state index in [-0.39, 0.29) is 12.5 Å². The maximum Gasteiger partial charge on any atom is 0.262 e. The van der Waals surface area contributed by atoms with Crippen molar-refractivity contribution in [3.63, 3.8) is 0 Å². The molecule has 0 aromatic heterocycles. The molecule has 2 N–H and O–H groups in total. The van der Waals surface area contributed by atoms with Crippen molar-refractivity contribution in [1.29, 1.82) is 0 Å². The topological polar surface area (TPSA) is 59.6 Å². The highest BCUT2D eigenvalue weighted by molar-refractivity contribution is 6.33. The molecule has 3 aromatic carbocycles. The summed E-state index contributed by atoms with van der Waals surface area (Å²) in [5.41, 5.74) is 2.42. The van der Waals surface area contributed by atoms with Crippen molar-refractivity contribution in [1.82, 2.24) is 0 Å². The van der Waals surface area contributed by atoms with Crippen LogP contribution in [0.15, 0.2) is 66.7 Å². The molecule has 156 valence electrons. The molecule has 30 heavy (non-hydrogen) atoms. The van der Waals surface area contributed by atoms with Crippen LogP contribution in [0.1, 0.15) is 12.5 Å². The molecule has 0 saturated carbocycles. The summed E-state index contributed by atoms with van der Waals surface area (Å²) in [6, 6.07) is 20.3. The summed E-state index contributed by atoms with van der Waals surface area (Å²) in [7, 11) is 0. The molecule has 0 aliphatic carbocycles. The standard InChI is InChI=1S/C23H22Cl2N2O3/c1-2-29-21-13-16(14-26-20-11-7-6-10-18(20)24)12-19(25)23(21)30-15-22(28)27-17-8-4-3-5-9-17/h3-13,26H,2,14-15H2,1H3,(H,27,28). The van der Waals surface area contributed by atoms with E-state index >= 15 is 0 Å². The van der Waals surface area contributed by atoms with E-state index in [1.165, 1.54) is 0 Å². The smallest absolute Gasteiger partial charge is 0.262 e. The number of benzene rings is 3. The van der Waals surface area contributed by atoms with Gasteiger partial charge in [-0.3, -0.25) is 4.79 Å². The zero-order valence-electron chi connectivity index (χ0n) is 16.5. The normalized spacial score (nSPS) is 10.4. The third-order valence-corrected chi connectivity index (χ3v) is 4.74. The van der Waals surface area contributed by atoms with Gasteiger partial charge in [0.15, 0.2) is 18.1 Å². The molecule has 0 aliphatic heterocycles. The van der Waals surface area contributed by atoms with Gasteiger partial charge in [-0.2, -0.15) is 0 Å². The number of amides is 1. The van der Waals surface area contributed by atoms with Crippen LogP contribution in [-0.4, -0.2) is 19.1 Å². The summed E-state index contributed by atoms with van der Waals surface area (Å²) in [6.45, 7) is 2.61. The van der Waals surface area contributed by atoms with Crippen molar-refractivity contribution in [2.45, 2.75) is 13.5 Å². The highest BCUT2D eigenvalue weighted by Gasteiger charge is 2.15. The fraction of sp³-hybridized carbons (Fsp3) is 0.174. The number of anilines is 2. The number of carbonyl (C=O) groups excluding carboxylic acids is 1. The maximum atomic E-state index is 12.2. The van der Waals surface area contributed by atoms with Gasteiger partial charge >= 0.3 is 0 Å². The molecule has 0 heterocycles. The SMILES string of the molecule is CCOc1cc(CNc2ccccc2Cl)cc(Cl)c1OCC(=O)Nc1ccccc1. The van der Waals surface area contributed by atoms with Crippen molar-refractivity contribution in [2.24, 2.45) is 0 Å². The van der Waals surface area contributed by atoms with Crippen LogP contribution in [0.5, 0.6) is 11.5 Å². The Hall–Kier alpha value is -2.89. The van der Waals surface area contributed by atoms with E-state index < -0.39 is 0 Å². The molecule has 0 radical (unpaired) electrons. The quantitative estimate of drug-likeness (QED) is 0.423. The van der Waals surface area contributed by atoms with Gasteiger partial charge < -0.3 is 20.1 Å². The molecule has 3 rings (SSSR count). The third kappa shape index (κ3) is 6.05. The summed E-state index contributed by atoms with van der Waals surface area (Å²) >= 11 is 12.6. The van der Waals surface area contributed by atoms with Gasteiger partial charge in [-0.15, -0.1) is 0 Å². The monoisotopic (exact) mass is 444 g/mol. The summed E-state index contributed by atoms with van der Waals surface area (Å²) in [5, 5.41) is 7.04. The fourth-order valence-corrected chi connectivity index (χ4v) is 3.27. The van der Waals surface area contributed by atoms with Gasteiger partial charge in [-0.1, -0.05) is 53.5 Å². The molecule has 5 nitrogen and oxygen atoms in total. The highest BCUT2D eigenvalue weighted by atomic mass is 35.5. The second-order valence-electron chi connectivity index (χ2n) is 6.37. The molecule has 0 saturated heterocycles. The molecule has 0 spiro atoms. The van der Waals surface area contributed by atoms with Crippen LogP contribution < -0.4 is 20.1 Å². The number of hydrogen-bond acceptors (Lipinski definition) is 4. The van der Waals surface area contributed by atoms with Crippen molar-refractivity contribution in [3.8, 4) is 11.5 Å². The Balaban J connectivity index is 1.68. The Bertz CT molecular complexity index is 997. The first-order valence-corrected chi connectivity index (χ1v) is 10.2. The molecule has 7 heteroatoms. The lowest BCUT2D eigenvalue weighted by molar-refractivity contribution is -0.118. The first-order valence-electron chi connectivity index (χ1n) is 9.48. The van der Waals surface area contributed by atoms with Crippen LogP contribution in [0.3, 0.4) is 0 Å². The number of nitrogens with one attached hydrogen (secondary N) is 2. The number of halogens is 2. The molecule has 0 fully saturated rings. The van der Waals surface area contributed by atoms with E-state index in [1.807, 2.05) is 55.5 Å². The average molecular weight is 445 g/mol. The Kier molecular flexibility index (Phi) is 7.82. The Morgan fingerprint density at radius 2 is 1.67 bits per heavy atom. The van der Waals surface area contributed by atoms with Gasteiger partial charge in [0.25, 0.3) is 5.91 Å². The lowest BCUT2D eigenvalue weighted by Gasteiger charge is -2.16. The number of ether oxygens (including phenoxy) is 2. The van der Waals surface area contributed by atoms with Crippen molar-refractivity contribution >= 4 is 40.5 Å². The average Bonchev–Trinajstić information content (AvgIpc) is 2.73. The number of carbonyl (C=O) groups is 1. The summed E-state index contributed by atoms with van der Waals surface area (Å²) in [6.07, 6.45) is 0. The Morgan fingerprint density at radius 1 is 0.933 bits per heavy atom. The largest absolute Gasteiger partial charge is 0.490 e. The van der Waals surface area contributed by atoms with Gasteiger partial charge in [-0.25, -0.2) is 0 Å². The van der Waals surface area contributed by atoms with E-state index in [9.17, 15) is 4.79 Å². The summed E-state index contributed by atoms with van der Waals surface area (Å²) < 4.78 is 11.4. The minimum atomic E-state index is -0.288. The molecular formula is C23H22Cl2N2O3. The Morgan fingerprint density at radius 3 is 2.40 bits per heavy atom. The molecule has 3 aromatic rings. The van der Waals surface area contributed by atoms with Crippen molar-refractivity contribution in [3.05, 3.63) is 82.3 Å². The molecular weight excluding hydrogens is 423 g/mol. The molecule has 0 atom stereocenters. The Labute approximate surface area is 185 Å². The highest BCUT2D eigenvalue weighted by Crippen LogP contribution is 2.37. The predicted molar refractivity (Wildman–Crippen MR) is 122 cm³/mol. The van der Waals surface area contributed by atoms with Crippen LogP contribution in [-0.2, 0) is 11.3 Å². The molecule has 0 bridgehead atoms.